The van der Waals surface area contributed by atoms with Crippen LogP contribution >= 0.6 is 0 Å². The number of hydrogen-bond acceptors (Lipinski definition) is 6. The smallest absolute Gasteiger partial charge is 0.307 e. The van der Waals surface area contributed by atoms with Gasteiger partial charge in [-0.2, -0.15) is 0 Å². The molecule has 1 heterocycles. The minimum Gasteiger partial charge on any atom is -0.465 e. The van der Waals surface area contributed by atoms with E-state index in [1.807, 2.05) is 0 Å². The minimum absolute atomic E-state index is 0.0284. The monoisotopic (exact) mass is 312 g/mol. The third-order valence-electron chi connectivity index (χ3n) is 3.17. The van der Waals surface area contributed by atoms with E-state index in [2.05, 4.69) is 27.4 Å². The number of nitrogens with zero attached hydrogens (tertiary/aromatic N) is 1. The molecule has 0 aromatic carbocycles. The maximum atomic E-state index is 11.5. The third kappa shape index (κ3) is 8.38. The molecule has 8 nitrogen and oxygen atoms in total. The Bertz CT molecular complexity index is 394. The highest BCUT2D eigenvalue weighted by Gasteiger charge is 2.12. The van der Waals surface area contributed by atoms with Crippen LogP contribution in [0, 0.1) is 0 Å². The molecular weight excluding hydrogens is 288 g/mol. The Hall–Kier alpha value is -1.93. The van der Waals surface area contributed by atoms with Gasteiger partial charge in [0.25, 0.3) is 0 Å². The summed E-state index contributed by atoms with van der Waals surface area (Å²) in [6.07, 6.45) is 1.52. The molecule has 0 aliphatic carbocycles. The molecule has 1 rings (SSSR count). The molecule has 1 aliphatic heterocycles. The second-order valence-corrected chi connectivity index (χ2v) is 4.83. The highest BCUT2D eigenvalue weighted by Crippen LogP contribution is 1.96. The molecule has 8 heteroatoms. The molecular formula is C14H24N4O4. The van der Waals surface area contributed by atoms with Crippen LogP contribution in [0.1, 0.15) is 12.8 Å². The summed E-state index contributed by atoms with van der Waals surface area (Å²) in [6, 6.07) is 0. The van der Waals surface area contributed by atoms with Crippen molar-refractivity contribution in [1.29, 1.82) is 0 Å². The van der Waals surface area contributed by atoms with Crippen molar-refractivity contribution in [3.8, 4) is 0 Å². The summed E-state index contributed by atoms with van der Waals surface area (Å²) in [6.45, 7) is 7.80. The Kier molecular flexibility index (Phi) is 8.85. The summed E-state index contributed by atoms with van der Waals surface area (Å²) >= 11 is 0. The van der Waals surface area contributed by atoms with E-state index in [0.29, 0.717) is 13.0 Å². The van der Waals surface area contributed by atoms with Crippen LogP contribution in [-0.4, -0.2) is 68.7 Å². The van der Waals surface area contributed by atoms with Crippen molar-refractivity contribution in [3.05, 3.63) is 12.7 Å². The molecule has 0 aromatic rings. The number of ether oxygens (including phenoxy) is 1. The number of hydrogen-bond donors (Lipinski definition) is 3. The SMILES string of the molecule is C=CC(=O)NCNC(=O)CCOC(=O)CCN1CCNCC1. The summed E-state index contributed by atoms with van der Waals surface area (Å²) in [7, 11) is 0. The molecule has 22 heavy (non-hydrogen) atoms. The van der Waals surface area contributed by atoms with Gasteiger partial charge in [0.15, 0.2) is 0 Å². The van der Waals surface area contributed by atoms with Crippen LogP contribution < -0.4 is 16.0 Å². The topological polar surface area (TPSA) is 99.8 Å². The lowest BCUT2D eigenvalue weighted by molar-refractivity contribution is -0.144. The molecule has 3 N–H and O–H groups in total. The van der Waals surface area contributed by atoms with Crippen LogP contribution in [0.3, 0.4) is 0 Å². The van der Waals surface area contributed by atoms with Gasteiger partial charge < -0.3 is 25.6 Å². The molecule has 1 fully saturated rings. The summed E-state index contributed by atoms with van der Waals surface area (Å²) in [4.78, 5) is 36.0. The van der Waals surface area contributed by atoms with Gasteiger partial charge in [-0.15, -0.1) is 0 Å². The average molecular weight is 312 g/mol. The van der Waals surface area contributed by atoms with Gasteiger partial charge in [-0.05, 0) is 6.08 Å². The average Bonchev–Trinajstić information content (AvgIpc) is 2.53. The number of amides is 2. The van der Waals surface area contributed by atoms with Crippen LogP contribution in [0.5, 0.6) is 0 Å². The van der Waals surface area contributed by atoms with Gasteiger partial charge in [-0.25, -0.2) is 0 Å². The van der Waals surface area contributed by atoms with E-state index in [-0.39, 0.29) is 37.5 Å². The van der Waals surface area contributed by atoms with Gasteiger partial charge in [-0.1, -0.05) is 6.58 Å². The van der Waals surface area contributed by atoms with Gasteiger partial charge in [0.05, 0.1) is 19.5 Å². The van der Waals surface area contributed by atoms with Crippen molar-refractivity contribution in [3.63, 3.8) is 0 Å². The summed E-state index contributed by atoms with van der Waals surface area (Å²) in [5.74, 6) is -0.954. The highest BCUT2D eigenvalue weighted by molar-refractivity contribution is 5.87. The second kappa shape index (κ2) is 10.7. The minimum atomic E-state index is -0.361. The molecule has 0 spiro atoms. The first kappa shape index (κ1) is 18.1. The molecule has 0 atom stereocenters. The predicted octanol–water partition coefficient (Wildman–Crippen LogP) is -1.41. The first-order valence-corrected chi connectivity index (χ1v) is 7.37. The molecule has 1 saturated heterocycles. The fraction of sp³-hybridized carbons (Fsp3) is 0.643. The Balaban J connectivity index is 2.00. The van der Waals surface area contributed by atoms with E-state index < -0.39 is 0 Å². The first-order chi connectivity index (χ1) is 10.6. The van der Waals surface area contributed by atoms with Gasteiger partial charge in [0, 0.05) is 32.7 Å². The van der Waals surface area contributed by atoms with E-state index >= 15 is 0 Å². The van der Waals surface area contributed by atoms with Crippen LogP contribution in [-0.2, 0) is 19.1 Å². The van der Waals surface area contributed by atoms with Crippen molar-refractivity contribution < 1.29 is 19.1 Å². The maximum Gasteiger partial charge on any atom is 0.307 e. The standard InChI is InChI=1S/C14H24N4O4/c1-2-12(19)16-11-17-13(20)4-10-22-14(21)3-7-18-8-5-15-6-9-18/h2,15H,1,3-11H2,(H,16,19)(H,17,20). The van der Waals surface area contributed by atoms with Crippen molar-refractivity contribution >= 4 is 17.8 Å². The van der Waals surface area contributed by atoms with Gasteiger partial charge in [0.2, 0.25) is 11.8 Å². The fourth-order valence-electron chi connectivity index (χ4n) is 1.90. The Morgan fingerprint density at radius 1 is 1.18 bits per heavy atom. The van der Waals surface area contributed by atoms with Crippen LogP contribution in [0.25, 0.3) is 0 Å². The van der Waals surface area contributed by atoms with E-state index in [4.69, 9.17) is 4.74 Å². The van der Waals surface area contributed by atoms with E-state index in [9.17, 15) is 14.4 Å². The lowest BCUT2D eigenvalue weighted by Gasteiger charge is -2.26. The molecule has 0 saturated carbocycles. The first-order valence-electron chi connectivity index (χ1n) is 7.37. The highest BCUT2D eigenvalue weighted by atomic mass is 16.5. The van der Waals surface area contributed by atoms with E-state index in [0.717, 1.165) is 32.3 Å². The lowest BCUT2D eigenvalue weighted by atomic mass is 10.3. The van der Waals surface area contributed by atoms with Crippen molar-refractivity contribution in [2.45, 2.75) is 12.8 Å². The molecule has 0 radical (unpaired) electrons. The number of carbonyl (C=O) groups excluding carboxylic acids is 3. The molecule has 124 valence electrons. The van der Waals surface area contributed by atoms with Crippen LogP contribution in [0.15, 0.2) is 12.7 Å². The number of carbonyl (C=O) groups is 3. The van der Waals surface area contributed by atoms with Gasteiger partial charge in [0.1, 0.15) is 6.61 Å². The summed E-state index contributed by atoms with van der Waals surface area (Å²) < 4.78 is 5.01. The summed E-state index contributed by atoms with van der Waals surface area (Å²) in [5.41, 5.74) is 0. The molecule has 0 aromatic heterocycles. The zero-order chi connectivity index (χ0) is 16.2. The maximum absolute atomic E-state index is 11.5. The zero-order valence-corrected chi connectivity index (χ0v) is 12.7. The quantitative estimate of drug-likeness (QED) is 0.275. The summed E-state index contributed by atoms with van der Waals surface area (Å²) in [5, 5.41) is 8.13. The van der Waals surface area contributed by atoms with E-state index in [1.165, 1.54) is 0 Å². The number of nitrogens with one attached hydrogen (secondary N) is 3. The van der Waals surface area contributed by atoms with E-state index in [1.54, 1.807) is 0 Å². The Labute approximate surface area is 130 Å². The largest absolute Gasteiger partial charge is 0.465 e. The molecule has 0 bridgehead atoms. The van der Waals surface area contributed by atoms with Gasteiger partial charge >= 0.3 is 5.97 Å². The second-order valence-electron chi connectivity index (χ2n) is 4.83. The molecule has 0 unspecified atom stereocenters. The molecule has 1 aliphatic rings. The Morgan fingerprint density at radius 3 is 2.59 bits per heavy atom. The number of rotatable bonds is 9. The van der Waals surface area contributed by atoms with Crippen LogP contribution in [0.4, 0.5) is 0 Å². The van der Waals surface area contributed by atoms with Crippen molar-refractivity contribution in [1.82, 2.24) is 20.9 Å². The number of esters is 1. The van der Waals surface area contributed by atoms with Crippen molar-refractivity contribution in [2.24, 2.45) is 0 Å². The van der Waals surface area contributed by atoms with Crippen LogP contribution in [0.2, 0.25) is 0 Å². The normalized spacial score (nSPS) is 14.9. The van der Waals surface area contributed by atoms with Crippen molar-refractivity contribution in [2.75, 3.05) is 46.0 Å². The fourth-order valence-corrected chi connectivity index (χ4v) is 1.90. The zero-order valence-electron chi connectivity index (χ0n) is 12.7. The Morgan fingerprint density at radius 2 is 1.91 bits per heavy atom. The molecule has 2 amide bonds. The predicted molar refractivity (Wildman–Crippen MR) is 80.9 cm³/mol. The third-order valence-corrected chi connectivity index (χ3v) is 3.17. The van der Waals surface area contributed by atoms with Gasteiger partial charge in [-0.3, -0.25) is 14.4 Å². The lowest BCUT2D eigenvalue weighted by Crippen LogP contribution is -2.44. The number of piperazine rings is 1.